The maximum Gasteiger partial charge on any atom is 0.255 e. The SMILES string of the molecule is Cc1csc(CN2CCN(C(=O)c3cc(Br)ccc3Cl)CC2)n1.Cl. The number of nitrogens with zero attached hydrogens (tertiary/aromatic N) is 3. The molecule has 1 aromatic carbocycles. The minimum absolute atomic E-state index is 0. The summed E-state index contributed by atoms with van der Waals surface area (Å²) < 4.78 is 0.864. The molecule has 0 aliphatic carbocycles. The summed E-state index contributed by atoms with van der Waals surface area (Å²) in [6.45, 7) is 6.01. The van der Waals surface area contributed by atoms with Crippen LogP contribution in [0.4, 0.5) is 0 Å². The summed E-state index contributed by atoms with van der Waals surface area (Å²) in [7, 11) is 0. The number of carbonyl (C=O) groups excluding carboxylic acids is 1. The van der Waals surface area contributed by atoms with Gasteiger partial charge in [0.1, 0.15) is 5.01 Å². The number of aromatic nitrogens is 1. The largest absolute Gasteiger partial charge is 0.336 e. The Morgan fingerprint density at radius 2 is 2.04 bits per heavy atom. The number of carbonyl (C=O) groups is 1. The first-order valence-electron chi connectivity index (χ1n) is 7.40. The first-order chi connectivity index (χ1) is 11.0. The molecule has 24 heavy (non-hydrogen) atoms. The van der Waals surface area contributed by atoms with E-state index in [2.05, 4.69) is 31.2 Å². The molecule has 0 spiro atoms. The molecule has 0 unspecified atom stereocenters. The first-order valence-corrected chi connectivity index (χ1v) is 9.45. The molecule has 1 amide bonds. The van der Waals surface area contributed by atoms with Crippen LogP contribution in [0.5, 0.6) is 0 Å². The van der Waals surface area contributed by atoms with Crippen molar-refractivity contribution in [2.24, 2.45) is 0 Å². The van der Waals surface area contributed by atoms with Crippen LogP contribution in [0.2, 0.25) is 5.02 Å². The van der Waals surface area contributed by atoms with Crippen LogP contribution < -0.4 is 0 Å². The van der Waals surface area contributed by atoms with Crippen LogP contribution in [0.1, 0.15) is 21.1 Å². The fourth-order valence-electron chi connectivity index (χ4n) is 2.61. The smallest absolute Gasteiger partial charge is 0.255 e. The average molecular weight is 451 g/mol. The van der Waals surface area contributed by atoms with Crippen LogP contribution in [-0.4, -0.2) is 46.9 Å². The van der Waals surface area contributed by atoms with Crippen molar-refractivity contribution < 1.29 is 4.79 Å². The Hall–Kier alpha value is -0.660. The Morgan fingerprint density at radius 3 is 2.67 bits per heavy atom. The molecule has 1 aliphatic heterocycles. The molecule has 0 N–H and O–H groups in total. The molecule has 2 aromatic rings. The maximum atomic E-state index is 12.6. The lowest BCUT2D eigenvalue weighted by molar-refractivity contribution is 0.0628. The Labute approximate surface area is 165 Å². The summed E-state index contributed by atoms with van der Waals surface area (Å²) in [6.07, 6.45) is 0. The number of hydrogen-bond acceptors (Lipinski definition) is 4. The lowest BCUT2D eigenvalue weighted by Gasteiger charge is -2.34. The molecule has 0 bridgehead atoms. The number of aryl methyl sites for hydroxylation is 1. The predicted molar refractivity (Wildman–Crippen MR) is 104 cm³/mol. The molecule has 0 saturated carbocycles. The van der Waals surface area contributed by atoms with Gasteiger partial charge >= 0.3 is 0 Å². The summed E-state index contributed by atoms with van der Waals surface area (Å²) in [5.74, 6) is 0.000966. The van der Waals surface area contributed by atoms with Gasteiger partial charge in [0.15, 0.2) is 0 Å². The summed E-state index contributed by atoms with van der Waals surface area (Å²) in [5.41, 5.74) is 1.63. The second kappa shape index (κ2) is 8.63. The lowest BCUT2D eigenvalue weighted by atomic mass is 10.2. The molecule has 3 rings (SSSR count). The third-order valence-electron chi connectivity index (χ3n) is 3.84. The summed E-state index contributed by atoms with van der Waals surface area (Å²) in [4.78, 5) is 21.3. The third-order valence-corrected chi connectivity index (χ3v) is 5.62. The molecule has 1 aliphatic rings. The molecule has 130 valence electrons. The van der Waals surface area contributed by atoms with E-state index in [4.69, 9.17) is 11.6 Å². The van der Waals surface area contributed by atoms with Crippen molar-refractivity contribution in [1.29, 1.82) is 0 Å². The van der Waals surface area contributed by atoms with Gasteiger partial charge in [-0.05, 0) is 25.1 Å². The molecule has 8 heteroatoms. The van der Waals surface area contributed by atoms with Crippen LogP contribution in [-0.2, 0) is 6.54 Å². The average Bonchev–Trinajstić information content (AvgIpc) is 2.95. The van der Waals surface area contributed by atoms with Gasteiger partial charge in [-0.2, -0.15) is 0 Å². The Balaban J connectivity index is 0.00000208. The highest BCUT2D eigenvalue weighted by molar-refractivity contribution is 9.10. The fourth-order valence-corrected chi connectivity index (χ4v) is 3.98. The van der Waals surface area contributed by atoms with Gasteiger partial charge in [-0.25, -0.2) is 4.98 Å². The van der Waals surface area contributed by atoms with E-state index in [0.717, 1.165) is 34.8 Å². The Morgan fingerprint density at radius 1 is 1.33 bits per heavy atom. The van der Waals surface area contributed by atoms with Gasteiger partial charge < -0.3 is 4.90 Å². The zero-order chi connectivity index (χ0) is 16.4. The van der Waals surface area contributed by atoms with E-state index in [-0.39, 0.29) is 18.3 Å². The van der Waals surface area contributed by atoms with Crippen LogP contribution in [0, 0.1) is 6.92 Å². The minimum Gasteiger partial charge on any atom is -0.336 e. The summed E-state index contributed by atoms with van der Waals surface area (Å²) >= 11 is 11.3. The molecule has 1 fully saturated rings. The van der Waals surface area contributed by atoms with Gasteiger partial charge in [-0.3, -0.25) is 9.69 Å². The highest BCUT2D eigenvalue weighted by Gasteiger charge is 2.24. The zero-order valence-corrected chi connectivity index (χ0v) is 17.1. The highest BCUT2D eigenvalue weighted by atomic mass is 79.9. The van der Waals surface area contributed by atoms with Crippen molar-refractivity contribution in [3.63, 3.8) is 0 Å². The van der Waals surface area contributed by atoms with Crippen molar-refractivity contribution in [3.8, 4) is 0 Å². The second-order valence-electron chi connectivity index (χ2n) is 5.58. The molecular weight excluding hydrogens is 433 g/mol. The van der Waals surface area contributed by atoms with Crippen LogP contribution in [0.15, 0.2) is 28.1 Å². The molecule has 0 radical (unpaired) electrons. The molecule has 0 atom stereocenters. The van der Waals surface area contributed by atoms with Crippen molar-refractivity contribution in [1.82, 2.24) is 14.8 Å². The van der Waals surface area contributed by atoms with E-state index >= 15 is 0 Å². The number of rotatable bonds is 3. The number of hydrogen-bond donors (Lipinski definition) is 0. The van der Waals surface area contributed by atoms with E-state index in [1.54, 1.807) is 23.5 Å². The zero-order valence-electron chi connectivity index (χ0n) is 13.2. The van der Waals surface area contributed by atoms with Crippen molar-refractivity contribution in [3.05, 3.63) is 49.3 Å². The van der Waals surface area contributed by atoms with Crippen molar-refractivity contribution in [2.75, 3.05) is 26.2 Å². The first kappa shape index (κ1) is 19.7. The highest BCUT2D eigenvalue weighted by Crippen LogP contribution is 2.23. The van der Waals surface area contributed by atoms with Gasteiger partial charge in [0.05, 0.1) is 17.1 Å². The molecule has 2 heterocycles. The van der Waals surface area contributed by atoms with E-state index in [1.807, 2.05) is 17.9 Å². The molecule has 4 nitrogen and oxygen atoms in total. The van der Waals surface area contributed by atoms with E-state index in [0.29, 0.717) is 23.7 Å². The van der Waals surface area contributed by atoms with Gasteiger partial charge in [0.2, 0.25) is 0 Å². The maximum absolute atomic E-state index is 12.6. The topological polar surface area (TPSA) is 36.4 Å². The van der Waals surface area contributed by atoms with Crippen LogP contribution >= 0.6 is 51.3 Å². The minimum atomic E-state index is 0. The van der Waals surface area contributed by atoms with Crippen molar-refractivity contribution in [2.45, 2.75) is 13.5 Å². The van der Waals surface area contributed by atoms with Crippen LogP contribution in [0.25, 0.3) is 0 Å². The van der Waals surface area contributed by atoms with Gasteiger partial charge in [0, 0.05) is 41.7 Å². The summed E-state index contributed by atoms with van der Waals surface area (Å²) in [5, 5.41) is 3.71. The fraction of sp³-hybridized carbons (Fsp3) is 0.375. The van der Waals surface area contributed by atoms with Gasteiger partial charge in [-0.15, -0.1) is 23.7 Å². The Bertz CT molecular complexity index is 717. The number of benzene rings is 1. The number of piperazine rings is 1. The number of halogens is 3. The van der Waals surface area contributed by atoms with E-state index in [9.17, 15) is 4.79 Å². The van der Waals surface area contributed by atoms with Crippen LogP contribution in [0.3, 0.4) is 0 Å². The third kappa shape index (κ3) is 4.70. The van der Waals surface area contributed by atoms with Crippen molar-refractivity contribution >= 4 is 57.2 Å². The standard InChI is InChI=1S/C16H17BrClN3OS.ClH/c1-11-10-23-15(19-11)9-20-4-6-21(7-5-20)16(22)13-8-12(17)2-3-14(13)18;/h2-3,8,10H,4-7,9H2,1H3;1H. The van der Waals surface area contributed by atoms with E-state index < -0.39 is 0 Å². The second-order valence-corrected chi connectivity index (χ2v) is 7.84. The molecular formula is C16H18BrCl2N3OS. The van der Waals surface area contributed by atoms with Gasteiger partial charge in [0.25, 0.3) is 5.91 Å². The molecule has 1 aromatic heterocycles. The van der Waals surface area contributed by atoms with Gasteiger partial charge in [-0.1, -0.05) is 27.5 Å². The lowest BCUT2D eigenvalue weighted by Crippen LogP contribution is -2.48. The normalized spacial score (nSPS) is 15.2. The monoisotopic (exact) mass is 449 g/mol. The Kier molecular flexibility index (Phi) is 7.07. The number of amides is 1. The quantitative estimate of drug-likeness (QED) is 0.701. The summed E-state index contributed by atoms with van der Waals surface area (Å²) in [6, 6.07) is 5.38. The van der Waals surface area contributed by atoms with E-state index in [1.165, 1.54) is 0 Å². The number of thiazole rings is 1. The predicted octanol–water partition coefficient (Wildman–Crippen LogP) is 4.25. The molecule has 1 saturated heterocycles.